The smallest absolute Gasteiger partial charge is 0.280 e. The van der Waals surface area contributed by atoms with Gasteiger partial charge in [0.15, 0.2) is 22.1 Å². The number of anilines is 1. The van der Waals surface area contributed by atoms with Crippen LogP contribution in [-0.4, -0.2) is 74.9 Å². The largest absolute Gasteiger partial charge is 0.389 e. The number of rotatable bonds is 9. The maximum Gasteiger partial charge on any atom is 0.280 e. The van der Waals surface area contributed by atoms with Gasteiger partial charge in [0, 0.05) is 31.7 Å². The number of carbonyl (C=O) groups is 1. The molecule has 3 heterocycles. The molecule has 4 rings (SSSR count). The van der Waals surface area contributed by atoms with Crippen molar-refractivity contribution < 1.29 is 31.9 Å². The second-order valence-corrected chi connectivity index (χ2v) is 10.7. The molecule has 0 aliphatic carbocycles. The van der Waals surface area contributed by atoms with Crippen LogP contribution in [0.1, 0.15) is 24.8 Å². The molecule has 2 atom stereocenters. The lowest BCUT2D eigenvalue weighted by Gasteiger charge is -2.23. The molecular formula is C21H25FN4O6S2. The Kier molecular flexibility index (Phi) is 7.88. The van der Waals surface area contributed by atoms with Crippen LogP contribution in [0.25, 0.3) is 0 Å². The number of ether oxygens (including phenoxy) is 2. The molecule has 184 valence electrons. The number of nitrogens with zero attached hydrogens (tertiary/aromatic N) is 3. The van der Waals surface area contributed by atoms with Gasteiger partial charge in [-0.25, -0.2) is 13.4 Å². The number of nitrogens with one attached hydrogen (secondary N) is 1. The third-order valence-electron chi connectivity index (χ3n) is 5.51. The Balaban J connectivity index is 1.57. The molecule has 2 fully saturated rings. The van der Waals surface area contributed by atoms with E-state index in [9.17, 15) is 17.6 Å². The minimum atomic E-state index is -3.73. The van der Waals surface area contributed by atoms with Crippen LogP contribution >= 0.6 is 11.3 Å². The van der Waals surface area contributed by atoms with Gasteiger partial charge in [-0.3, -0.25) is 10.1 Å². The summed E-state index contributed by atoms with van der Waals surface area (Å²) in [5, 5.41) is 6.03. The number of hydrogen-bond donors (Lipinski definition) is 1. The van der Waals surface area contributed by atoms with Crippen molar-refractivity contribution in [2.24, 2.45) is 5.16 Å². The first kappa shape index (κ1) is 24.7. The Bertz CT molecular complexity index is 1130. The van der Waals surface area contributed by atoms with Crippen molar-refractivity contribution in [3.8, 4) is 0 Å². The summed E-state index contributed by atoms with van der Waals surface area (Å²) in [6, 6.07) is 5.63. The Hall–Kier alpha value is -2.45. The lowest BCUT2D eigenvalue weighted by Crippen LogP contribution is -2.38. The standard InChI is InChI=1S/C21H25FN4O6S2/c1-30-12-15-3-2-9-26(15)34(28,29)17-6-4-14(5-7-17)19(25-32-16-8-10-31-13-16)20(27)24-21-23-11-18(22)33-21/h4-7,11,15-16H,2-3,8-10,12-13H2,1H3,(H,23,24,27)/b25-19+/t15-,16-/m1/s1. The monoisotopic (exact) mass is 512 g/mol. The van der Waals surface area contributed by atoms with Crippen LogP contribution in [0.2, 0.25) is 0 Å². The lowest BCUT2D eigenvalue weighted by atomic mass is 10.1. The summed E-state index contributed by atoms with van der Waals surface area (Å²) in [7, 11) is -2.18. The lowest BCUT2D eigenvalue weighted by molar-refractivity contribution is -0.110. The molecule has 10 nitrogen and oxygen atoms in total. The zero-order valence-corrected chi connectivity index (χ0v) is 20.1. The molecule has 1 aromatic carbocycles. The van der Waals surface area contributed by atoms with Gasteiger partial charge < -0.3 is 14.3 Å². The van der Waals surface area contributed by atoms with Crippen LogP contribution in [0.15, 0.2) is 40.5 Å². The molecule has 2 aliphatic rings. The highest BCUT2D eigenvalue weighted by atomic mass is 32.2. The molecule has 13 heteroatoms. The van der Waals surface area contributed by atoms with Crippen LogP contribution in [0.4, 0.5) is 9.52 Å². The van der Waals surface area contributed by atoms with Crippen molar-refractivity contribution in [3.05, 3.63) is 41.2 Å². The predicted molar refractivity (Wildman–Crippen MR) is 123 cm³/mol. The van der Waals surface area contributed by atoms with Gasteiger partial charge in [0.2, 0.25) is 10.0 Å². The summed E-state index contributed by atoms with van der Waals surface area (Å²) in [4.78, 5) is 22.2. The third-order valence-corrected chi connectivity index (χ3v) is 8.18. The summed E-state index contributed by atoms with van der Waals surface area (Å²) < 4.78 is 51.5. The van der Waals surface area contributed by atoms with Crippen molar-refractivity contribution in [1.82, 2.24) is 9.29 Å². The molecule has 0 spiro atoms. The molecule has 1 amide bonds. The van der Waals surface area contributed by atoms with E-state index in [2.05, 4.69) is 15.5 Å². The molecule has 0 saturated carbocycles. The van der Waals surface area contributed by atoms with Crippen LogP contribution in [0.5, 0.6) is 0 Å². The van der Waals surface area contributed by atoms with Crippen molar-refractivity contribution in [2.75, 3.05) is 38.8 Å². The number of methoxy groups -OCH3 is 1. The highest BCUT2D eigenvalue weighted by molar-refractivity contribution is 7.89. The summed E-state index contributed by atoms with van der Waals surface area (Å²) in [6.07, 6.45) is 2.83. The molecule has 0 unspecified atom stereocenters. The van der Waals surface area contributed by atoms with Crippen LogP contribution in [0.3, 0.4) is 0 Å². The molecule has 2 aliphatic heterocycles. The van der Waals surface area contributed by atoms with Gasteiger partial charge in [0.05, 0.1) is 30.9 Å². The number of aromatic nitrogens is 1. The molecule has 34 heavy (non-hydrogen) atoms. The van der Waals surface area contributed by atoms with Gasteiger partial charge >= 0.3 is 0 Å². The zero-order chi connectivity index (χ0) is 24.1. The van der Waals surface area contributed by atoms with Gasteiger partial charge in [-0.15, -0.1) is 0 Å². The predicted octanol–water partition coefficient (Wildman–Crippen LogP) is 2.23. The van der Waals surface area contributed by atoms with Gasteiger partial charge in [0.1, 0.15) is 0 Å². The molecule has 1 aromatic heterocycles. The Labute approximate surface area is 200 Å². The number of oxime groups is 1. The maximum atomic E-state index is 13.3. The number of benzene rings is 1. The van der Waals surface area contributed by atoms with E-state index in [4.69, 9.17) is 14.3 Å². The Morgan fingerprint density at radius 1 is 1.35 bits per heavy atom. The summed E-state index contributed by atoms with van der Waals surface area (Å²) in [6.45, 7) is 1.64. The van der Waals surface area contributed by atoms with E-state index < -0.39 is 21.1 Å². The summed E-state index contributed by atoms with van der Waals surface area (Å²) >= 11 is 0.675. The van der Waals surface area contributed by atoms with E-state index in [1.54, 1.807) is 7.11 Å². The number of hydrogen-bond acceptors (Lipinski definition) is 9. The molecule has 0 bridgehead atoms. The van der Waals surface area contributed by atoms with Crippen LogP contribution < -0.4 is 5.32 Å². The van der Waals surface area contributed by atoms with Gasteiger partial charge in [-0.05, 0) is 25.0 Å². The highest BCUT2D eigenvalue weighted by Gasteiger charge is 2.35. The maximum absolute atomic E-state index is 13.3. The second-order valence-electron chi connectivity index (χ2n) is 7.85. The van der Waals surface area contributed by atoms with E-state index in [0.717, 1.165) is 19.0 Å². The summed E-state index contributed by atoms with van der Waals surface area (Å²) in [5.41, 5.74) is 0.243. The number of halogens is 1. The topological polar surface area (TPSA) is 119 Å². The van der Waals surface area contributed by atoms with Crippen LogP contribution in [-0.2, 0) is 29.1 Å². The quantitative estimate of drug-likeness (QED) is 0.404. The van der Waals surface area contributed by atoms with Crippen molar-refractivity contribution >= 4 is 38.1 Å². The van der Waals surface area contributed by atoms with E-state index in [1.165, 1.54) is 28.6 Å². The first-order valence-electron chi connectivity index (χ1n) is 10.7. The summed E-state index contributed by atoms with van der Waals surface area (Å²) in [5.74, 6) is -0.663. The molecular weight excluding hydrogens is 487 g/mol. The molecule has 1 N–H and O–H groups in total. The second kappa shape index (κ2) is 10.9. The average Bonchev–Trinajstić information content (AvgIpc) is 3.58. The third kappa shape index (κ3) is 5.61. The van der Waals surface area contributed by atoms with Gasteiger partial charge in [-0.2, -0.15) is 8.70 Å². The average molecular weight is 513 g/mol. The fourth-order valence-electron chi connectivity index (χ4n) is 3.82. The van der Waals surface area contributed by atoms with E-state index >= 15 is 0 Å². The fraction of sp³-hybridized carbons (Fsp3) is 0.476. The Morgan fingerprint density at radius 2 is 2.15 bits per heavy atom. The number of thiazole rings is 1. The van der Waals surface area contributed by atoms with E-state index in [-0.39, 0.29) is 27.9 Å². The van der Waals surface area contributed by atoms with Gasteiger partial charge in [0.25, 0.3) is 5.91 Å². The van der Waals surface area contributed by atoms with Gasteiger partial charge in [-0.1, -0.05) is 28.6 Å². The van der Waals surface area contributed by atoms with Crippen molar-refractivity contribution in [3.63, 3.8) is 0 Å². The number of amides is 1. The first-order valence-corrected chi connectivity index (χ1v) is 13.0. The SMILES string of the molecule is COC[C@H]1CCCN1S(=O)(=O)c1ccc(/C(=N\O[C@@H]2CCOC2)C(=O)Nc2ncc(F)s2)cc1. The minimum absolute atomic E-state index is 0.0665. The number of carbonyl (C=O) groups excluding carboxylic acids is 1. The van der Waals surface area contributed by atoms with Crippen LogP contribution in [0, 0.1) is 5.13 Å². The normalized spacial score (nSPS) is 21.6. The van der Waals surface area contributed by atoms with Crippen molar-refractivity contribution in [1.29, 1.82) is 0 Å². The zero-order valence-electron chi connectivity index (χ0n) is 18.5. The number of sulfonamides is 1. The highest BCUT2D eigenvalue weighted by Crippen LogP contribution is 2.27. The van der Waals surface area contributed by atoms with Crippen molar-refractivity contribution in [2.45, 2.75) is 36.3 Å². The molecule has 2 saturated heterocycles. The molecule has 0 radical (unpaired) electrons. The van der Waals surface area contributed by atoms with E-state index in [1.807, 2.05) is 0 Å². The first-order chi connectivity index (χ1) is 16.4. The minimum Gasteiger partial charge on any atom is -0.389 e. The fourth-order valence-corrected chi connectivity index (χ4v) is 6.04. The molecule has 2 aromatic rings. The van der Waals surface area contributed by atoms with E-state index in [0.29, 0.717) is 49.7 Å². The Morgan fingerprint density at radius 3 is 2.79 bits per heavy atom.